The van der Waals surface area contributed by atoms with Crippen LogP contribution in [-0.4, -0.2) is 7.05 Å². The third-order valence-electron chi connectivity index (χ3n) is 3.02. The van der Waals surface area contributed by atoms with Gasteiger partial charge in [-0.15, -0.1) is 0 Å². The topological polar surface area (TPSA) is 29.3 Å². The highest BCUT2D eigenvalue weighted by atomic mass is 35.5. The molecule has 0 spiro atoms. The molecule has 2 rings (SSSR count). The van der Waals surface area contributed by atoms with E-state index < -0.39 is 0 Å². The van der Waals surface area contributed by atoms with Crippen LogP contribution >= 0.6 is 23.2 Å². The minimum absolute atomic E-state index is 0.469. The predicted molar refractivity (Wildman–Crippen MR) is 84.9 cm³/mol. The van der Waals surface area contributed by atoms with Crippen LogP contribution in [0.15, 0.2) is 30.3 Å². The van der Waals surface area contributed by atoms with E-state index in [1.807, 2.05) is 11.9 Å². The Hall–Kier alpha value is -1.38. The standard InChI is InChI=1S/C15H16Cl2N2/c1-9-4-10(2)6-11(5-9)19(3)15-8-13(17)12(16)7-14(15)18/h4-8H,18H2,1-3H3. The van der Waals surface area contributed by atoms with Crippen LogP contribution in [-0.2, 0) is 0 Å². The summed E-state index contributed by atoms with van der Waals surface area (Å²) in [6.45, 7) is 4.14. The second kappa shape index (κ2) is 5.32. The van der Waals surface area contributed by atoms with Gasteiger partial charge in [0.2, 0.25) is 0 Å². The van der Waals surface area contributed by atoms with Crippen LogP contribution in [0.4, 0.5) is 17.1 Å². The molecule has 2 aromatic carbocycles. The van der Waals surface area contributed by atoms with Gasteiger partial charge in [0.15, 0.2) is 0 Å². The first kappa shape index (κ1) is 14.0. The van der Waals surface area contributed by atoms with Crippen molar-refractivity contribution in [3.05, 3.63) is 51.5 Å². The van der Waals surface area contributed by atoms with E-state index >= 15 is 0 Å². The van der Waals surface area contributed by atoms with Crippen LogP contribution in [0.3, 0.4) is 0 Å². The molecule has 2 N–H and O–H groups in total. The zero-order valence-electron chi connectivity index (χ0n) is 11.2. The fraction of sp³-hybridized carbons (Fsp3) is 0.200. The normalized spacial score (nSPS) is 10.6. The van der Waals surface area contributed by atoms with E-state index in [4.69, 9.17) is 28.9 Å². The van der Waals surface area contributed by atoms with E-state index in [0.717, 1.165) is 11.4 Å². The van der Waals surface area contributed by atoms with E-state index in [1.165, 1.54) is 11.1 Å². The van der Waals surface area contributed by atoms with Gasteiger partial charge in [-0.2, -0.15) is 0 Å². The molecule has 0 fully saturated rings. The van der Waals surface area contributed by atoms with Gasteiger partial charge in [-0.1, -0.05) is 29.3 Å². The lowest BCUT2D eigenvalue weighted by Crippen LogP contribution is -2.12. The number of aryl methyl sites for hydroxylation is 2. The van der Waals surface area contributed by atoms with E-state index in [-0.39, 0.29) is 0 Å². The van der Waals surface area contributed by atoms with E-state index in [0.29, 0.717) is 15.7 Å². The lowest BCUT2D eigenvalue weighted by molar-refractivity contribution is 1.19. The number of benzene rings is 2. The molecular weight excluding hydrogens is 279 g/mol. The summed E-state index contributed by atoms with van der Waals surface area (Å²) in [6.07, 6.45) is 0. The third kappa shape index (κ3) is 2.96. The van der Waals surface area contributed by atoms with Crippen LogP contribution in [0.25, 0.3) is 0 Å². The Bertz CT molecular complexity index is 604. The molecule has 0 radical (unpaired) electrons. The maximum absolute atomic E-state index is 6.07. The summed E-state index contributed by atoms with van der Waals surface area (Å²) in [5.41, 5.74) is 11.0. The monoisotopic (exact) mass is 294 g/mol. The molecule has 0 aromatic heterocycles. The molecule has 2 aromatic rings. The lowest BCUT2D eigenvalue weighted by Gasteiger charge is -2.23. The largest absolute Gasteiger partial charge is 0.397 e. The summed E-state index contributed by atoms with van der Waals surface area (Å²) in [5.74, 6) is 0. The highest BCUT2D eigenvalue weighted by Crippen LogP contribution is 2.36. The number of halogens is 2. The first-order valence-corrected chi connectivity index (χ1v) is 6.70. The van der Waals surface area contributed by atoms with Crippen LogP contribution < -0.4 is 10.6 Å². The summed E-state index contributed by atoms with van der Waals surface area (Å²) in [4.78, 5) is 2.01. The second-order valence-electron chi connectivity index (χ2n) is 4.73. The number of anilines is 3. The molecule has 100 valence electrons. The number of nitrogens with two attached hydrogens (primary N) is 1. The van der Waals surface area contributed by atoms with Crippen molar-refractivity contribution in [2.24, 2.45) is 0 Å². The van der Waals surface area contributed by atoms with Crippen molar-refractivity contribution in [3.63, 3.8) is 0 Å². The molecule has 0 aliphatic carbocycles. The third-order valence-corrected chi connectivity index (χ3v) is 3.75. The van der Waals surface area contributed by atoms with Crippen LogP contribution in [0.2, 0.25) is 10.0 Å². The molecule has 0 aliphatic heterocycles. The molecule has 19 heavy (non-hydrogen) atoms. The minimum Gasteiger partial charge on any atom is -0.397 e. The quantitative estimate of drug-likeness (QED) is 0.793. The van der Waals surface area contributed by atoms with Crippen LogP contribution in [0.1, 0.15) is 11.1 Å². The fourth-order valence-electron chi connectivity index (χ4n) is 2.13. The zero-order chi connectivity index (χ0) is 14.2. The maximum atomic E-state index is 6.07. The Morgan fingerprint density at radius 3 is 2.00 bits per heavy atom. The summed E-state index contributed by atoms with van der Waals surface area (Å²) in [7, 11) is 1.96. The van der Waals surface area contributed by atoms with Gasteiger partial charge in [-0.05, 0) is 49.2 Å². The molecule has 0 bridgehead atoms. The Kier molecular flexibility index (Phi) is 3.93. The van der Waals surface area contributed by atoms with Crippen molar-refractivity contribution in [3.8, 4) is 0 Å². The van der Waals surface area contributed by atoms with Gasteiger partial charge in [0, 0.05) is 12.7 Å². The van der Waals surface area contributed by atoms with E-state index in [9.17, 15) is 0 Å². The molecule has 2 nitrogen and oxygen atoms in total. The van der Waals surface area contributed by atoms with Crippen molar-refractivity contribution < 1.29 is 0 Å². The summed E-state index contributed by atoms with van der Waals surface area (Å²) >= 11 is 12.0. The number of hydrogen-bond acceptors (Lipinski definition) is 2. The van der Waals surface area contributed by atoms with E-state index in [1.54, 1.807) is 12.1 Å². The van der Waals surface area contributed by atoms with Gasteiger partial charge < -0.3 is 10.6 Å². The van der Waals surface area contributed by atoms with Crippen molar-refractivity contribution in [1.82, 2.24) is 0 Å². The molecular formula is C15H16Cl2N2. The predicted octanol–water partition coefficient (Wildman–Crippen LogP) is 4.96. The molecule has 4 heteroatoms. The summed E-state index contributed by atoms with van der Waals surface area (Å²) in [6, 6.07) is 9.81. The fourth-order valence-corrected chi connectivity index (χ4v) is 2.46. The Labute approximate surface area is 123 Å². The van der Waals surface area contributed by atoms with Crippen LogP contribution in [0.5, 0.6) is 0 Å². The summed E-state index contributed by atoms with van der Waals surface area (Å²) < 4.78 is 0. The van der Waals surface area contributed by atoms with Gasteiger partial charge in [0.05, 0.1) is 21.4 Å². The van der Waals surface area contributed by atoms with Crippen molar-refractivity contribution in [2.45, 2.75) is 13.8 Å². The smallest absolute Gasteiger partial charge is 0.0657 e. The zero-order valence-corrected chi connectivity index (χ0v) is 12.7. The van der Waals surface area contributed by atoms with Gasteiger partial charge in [-0.3, -0.25) is 0 Å². The average molecular weight is 295 g/mol. The molecule has 0 unspecified atom stereocenters. The van der Waals surface area contributed by atoms with Gasteiger partial charge in [0.25, 0.3) is 0 Å². The number of nitrogen functional groups attached to an aromatic ring is 1. The SMILES string of the molecule is Cc1cc(C)cc(N(C)c2cc(Cl)c(Cl)cc2N)c1. The molecule has 0 atom stereocenters. The van der Waals surface area contributed by atoms with Gasteiger partial charge in [-0.25, -0.2) is 0 Å². The molecule has 0 saturated heterocycles. The highest BCUT2D eigenvalue weighted by molar-refractivity contribution is 6.42. The van der Waals surface area contributed by atoms with Gasteiger partial charge >= 0.3 is 0 Å². The summed E-state index contributed by atoms with van der Waals surface area (Å²) in [5, 5.41) is 0.971. The van der Waals surface area contributed by atoms with Crippen LogP contribution in [0, 0.1) is 13.8 Å². The molecule has 0 aliphatic rings. The van der Waals surface area contributed by atoms with Crippen molar-refractivity contribution in [2.75, 3.05) is 17.7 Å². The maximum Gasteiger partial charge on any atom is 0.0657 e. The number of nitrogens with zero attached hydrogens (tertiary/aromatic N) is 1. The highest BCUT2D eigenvalue weighted by Gasteiger charge is 2.11. The molecule has 0 heterocycles. The van der Waals surface area contributed by atoms with Crippen molar-refractivity contribution in [1.29, 1.82) is 0 Å². The van der Waals surface area contributed by atoms with Crippen molar-refractivity contribution >= 4 is 40.3 Å². The first-order valence-electron chi connectivity index (χ1n) is 5.95. The van der Waals surface area contributed by atoms with E-state index in [2.05, 4.69) is 32.0 Å². The van der Waals surface area contributed by atoms with Gasteiger partial charge in [0.1, 0.15) is 0 Å². The first-order chi connectivity index (χ1) is 8.88. The Balaban J connectivity index is 2.49. The Morgan fingerprint density at radius 2 is 1.42 bits per heavy atom. The average Bonchev–Trinajstić information content (AvgIpc) is 2.31. The molecule has 0 saturated carbocycles. The number of rotatable bonds is 2. The minimum atomic E-state index is 0.469. The lowest BCUT2D eigenvalue weighted by atomic mass is 10.1. The number of hydrogen-bond donors (Lipinski definition) is 1. The Morgan fingerprint density at radius 1 is 0.895 bits per heavy atom. The second-order valence-corrected chi connectivity index (χ2v) is 5.54. The molecule has 0 amide bonds.